The zero-order valence-corrected chi connectivity index (χ0v) is 20.3. The lowest BCUT2D eigenvalue weighted by Gasteiger charge is -2.36. The lowest BCUT2D eigenvalue weighted by molar-refractivity contribution is -0.117. The molecule has 2 N–H and O–H groups in total. The van der Waals surface area contributed by atoms with Crippen LogP contribution in [0.5, 0.6) is 0 Å². The maximum atomic E-state index is 12.7. The number of rotatable bonds is 6. The Labute approximate surface area is 204 Å². The van der Waals surface area contributed by atoms with Crippen LogP contribution in [0.4, 0.5) is 5.69 Å². The maximum absolute atomic E-state index is 12.7. The second-order valence-corrected chi connectivity index (χ2v) is 9.22. The van der Waals surface area contributed by atoms with E-state index in [1.165, 1.54) is 0 Å². The molecule has 0 saturated carbocycles. The predicted octanol–water partition coefficient (Wildman–Crippen LogP) is 3.35. The van der Waals surface area contributed by atoms with Gasteiger partial charge in [-0.25, -0.2) is 4.98 Å². The van der Waals surface area contributed by atoms with E-state index < -0.39 is 0 Å². The molecule has 4 aromatic heterocycles. The summed E-state index contributed by atoms with van der Waals surface area (Å²) >= 11 is 0. The van der Waals surface area contributed by atoms with Crippen molar-refractivity contribution < 1.29 is 4.79 Å². The number of piperazine rings is 1. The van der Waals surface area contributed by atoms with E-state index in [-0.39, 0.29) is 5.91 Å². The fraction of sp³-hybridized carbons (Fsp3) is 0.346. The van der Waals surface area contributed by atoms with Gasteiger partial charge in [0.25, 0.3) is 0 Å². The summed E-state index contributed by atoms with van der Waals surface area (Å²) in [4.78, 5) is 31.2. The number of carbonyl (C=O) groups excluding carboxylic acids is 1. The highest BCUT2D eigenvalue weighted by molar-refractivity contribution is 5.94. The number of carbonyl (C=O) groups is 1. The van der Waals surface area contributed by atoms with Crippen LogP contribution in [-0.4, -0.2) is 79.6 Å². The molecular formula is C26H30N8O. The van der Waals surface area contributed by atoms with Gasteiger partial charge in [-0.3, -0.25) is 29.7 Å². The molecule has 1 fully saturated rings. The molecule has 9 heteroatoms. The summed E-state index contributed by atoms with van der Waals surface area (Å²) in [5.41, 5.74) is 6.19. The minimum atomic E-state index is -0.0389. The standard InChI is InChI=1S/C26H30N8O/c1-17(2)34-11-9-33(10-12-34)16-25(35)30-19-13-24-22(27-14-19)8-7-21(31-24)20-15-28-32-26(20)23-6-4-5-18(3)29-23/h4-8,13-15,17H,9-12,16H2,1-3H3,(H,28,32)(H,30,35). The Kier molecular flexibility index (Phi) is 6.52. The van der Waals surface area contributed by atoms with E-state index in [4.69, 9.17) is 4.98 Å². The molecule has 0 aliphatic carbocycles. The van der Waals surface area contributed by atoms with Crippen molar-refractivity contribution in [3.05, 3.63) is 54.5 Å². The summed E-state index contributed by atoms with van der Waals surface area (Å²) in [6.45, 7) is 10.5. The Morgan fingerprint density at radius 2 is 1.89 bits per heavy atom. The molecule has 0 bridgehead atoms. The van der Waals surface area contributed by atoms with E-state index in [1.807, 2.05) is 49.5 Å². The molecule has 0 atom stereocenters. The number of nitrogens with zero attached hydrogens (tertiary/aromatic N) is 6. The SMILES string of the molecule is Cc1cccc(-c2n[nH]cc2-c2ccc3ncc(NC(=O)CN4CCN(C(C)C)CC4)cc3n2)n1. The van der Waals surface area contributed by atoms with Gasteiger partial charge in [0.15, 0.2) is 0 Å². The van der Waals surface area contributed by atoms with E-state index in [0.29, 0.717) is 23.8 Å². The number of hydrogen-bond donors (Lipinski definition) is 2. The van der Waals surface area contributed by atoms with Gasteiger partial charge in [-0.1, -0.05) is 6.07 Å². The van der Waals surface area contributed by atoms with Gasteiger partial charge >= 0.3 is 0 Å². The smallest absolute Gasteiger partial charge is 0.238 e. The molecule has 1 amide bonds. The van der Waals surface area contributed by atoms with Crippen molar-refractivity contribution in [2.24, 2.45) is 0 Å². The molecule has 9 nitrogen and oxygen atoms in total. The van der Waals surface area contributed by atoms with Crippen LogP contribution < -0.4 is 5.32 Å². The Morgan fingerprint density at radius 3 is 2.66 bits per heavy atom. The van der Waals surface area contributed by atoms with Crippen LogP contribution >= 0.6 is 0 Å². The summed E-state index contributed by atoms with van der Waals surface area (Å²) in [6, 6.07) is 12.1. The van der Waals surface area contributed by atoms with Crippen molar-refractivity contribution in [3.8, 4) is 22.6 Å². The van der Waals surface area contributed by atoms with E-state index >= 15 is 0 Å². The molecule has 1 saturated heterocycles. The number of H-pyrrole nitrogens is 1. The van der Waals surface area contributed by atoms with Crippen LogP contribution in [0.15, 0.2) is 48.8 Å². The number of anilines is 1. The van der Waals surface area contributed by atoms with Crippen LogP contribution in [-0.2, 0) is 4.79 Å². The minimum absolute atomic E-state index is 0.0389. The first-order chi connectivity index (χ1) is 17.0. The molecule has 0 radical (unpaired) electrons. The number of pyridine rings is 3. The topological polar surface area (TPSA) is 103 Å². The summed E-state index contributed by atoms with van der Waals surface area (Å²) in [6.07, 6.45) is 3.50. The fourth-order valence-electron chi connectivity index (χ4n) is 4.42. The molecule has 35 heavy (non-hydrogen) atoms. The van der Waals surface area contributed by atoms with Crippen LogP contribution in [0.3, 0.4) is 0 Å². The van der Waals surface area contributed by atoms with E-state index in [1.54, 1.807) is 6.20 Å². The number of aryl methyl sites for hydroxylation is 1. The molecule has 1 aliphatic rings. The monoisotopic (exact) mass is 470 g/mol. The van der Waals surface area contributed by atoms with E-state index in [9.17, 15) is 4.79 Å². The largest absolute Gasteiger partial charge is 0.324 e. The van der Waals surface area contributed by atoms with E-state index in [0.717, 1.165) is 60.0 Å². The van der Waals surface area contributed by atoms with Crippen molar-refractivity contribution in [3.63, 3.8) is 0 Å². The third kappa shape index (κ3) is 5.21. The van der Waals surface area contributed by atoms with Crippen LogP contribution in [0, 0.1) is 6.92 Å². The molecule has 0 spiro atoms. The highest BCUT2D eigenvalue weighted by atomic mass is 16.2. The average Bonchev–Trinajstić information content (AvgIpc) is 3.34. The molecule has 5 rings (SSSR count). The van der Waals surface area contributed by atoms with Gasteiger partial charge < -0.3 is 5.32 Å². The van der Waals surface area contributed by atoms with Gasteiger partial charge in [0.05, 0.1) is 40.9 Å². The highest BCUT2D eigenvalue weighted by Gasteiger charge is 2.20. The van der Waals surface area contributed by atoms with Crippen molar-refractivity contribution >= 4 is 22.6 Å². The number of amides is 1. The maximum Gasteiger partial charge on any atom is 0.238 e. The van der Waals surface area contributed by atoms with Crippen molar-refractivity contribution in [2.75, 3.05) is 38.0 Å². The molecule has 180 valence electrons. The molecular weight excluding hydrogens is 440 g/mol. The van der Waals surface area contributed by atoms with Gasteiger partial charge in [0, 0.05) is 49.7 Å². The second-order valence-electron chi connectivity index (χ2n) is 9.22. The second kappa shape index (κ2) is 9.89. The average molecular weight is 471 g/mol. The van der Waals surface area contributed by atoms with Gasteiger partial charge in [-0.15, -0.1) is 0 Å². The summed E-state index contributed by atoms with van der Waals surface area (Å²) < 4.78 is 0. The zero-order valence-electron chi connectivity index (χ0n) is 20.3. The van der Waals surface area contributed by atoms with Crippen molar-refractivity contribution in [1.82, 2.24) is 34.9 Å². The Hall–Kier alpha value is -3.69. The summed E-state index contributed by atoms with van der Waals surface area (Å²) in [5, 5.41) is 10.3. The van der Waals surface area contributed by atoms with Gasteiger partial charge in [0.1, 0.15) is 5.69 Å². The highest BCUT2D eigenvalue weighted by Crippen LogP contribution is 2.29. The van der Waals surface area contributed by atoms with Crippen molar-refractivity contribution in [1.29, 1.82) is 0 Å². The summed E-state index contributed by atoms with van der Waals surface area (Å²) in [7, 11) is 0. The quantitative estimate of drug-likeness (QED) is 0.445. The first-order valence-corrected chi connectivity index (χ1v) is 12.0. The van der Waals surface area contributed by atoms with Crippen LogP contribution in [0.1, 0.15) is 19.5 Å². The van der Waals surface area contributed by atoms with E-state index in [2.05, 4.69) is 49.1 Å². The Balaban J connectivity index is 1.32. The lowest BCUT2D eigenvalue weighted by Crippen LogP contribution is -2.50. The van der Waals surface area contributed by atoms with Crippen LogP contribution in [0.2, 0.25) is 0 Å². The number of fused-ring (bicyclic) bond motifs is 1. The number of hydrogen-bond acceptors (Lipinski definition) is 7. The normalized spacial score (nSPS) is 15.1. The van der Waals surface area contributed by atoms with Gasteiger partial charge in [-0.2, -0.15) is 5.10 Å². The van der Waals surface area contributed by atoms with Crippen molar-refractivity contribution in [2.45, 2.75) is 26.8 Å². The summed E-state index contributed by atoms with van der Waals surface area (Å²) in [5.74, 6) is -0.0389. The first-order valence-electron chi connectivity index (χ1n) is 12.0. The van der Waals surface area contributed by atoms with Gasteiger partial charge in [0.2, 0.25) is 5.91 Å². The molecule has 1 aliphatic heterocycles. The Morgan fingerprint density at radius 1 is 1.06 bits per heavy atom. The minimum Gasteiger partial charge on any atom is -0.324 e. The number of aromatic nitrogens is 5. The number of nitrogens with one attached hydrogen (secondary N) is 2. The van der Waals surface area contributed by atoms with Crippen LogP contribution in [0.25, 0.3) is 33.7 Å². The molecule has 5 heterocycles. The predicted molar refractivity (Wildman–Crippen MR) is 137 cm³/mol. The number of aromatic amines is 1. The Bertz CT molecular complexity index is 1340. The first kappa shape index (κ1) is 23.1. The fourth-order valence-corrected chi connectivity index (χ4v) is 4.42. The molecule has 0 aromatic carbocycles. The molecule has 4 aromatic rings. The molecule has 0 unspecified atom stereocenters. The van der Waals surface area contributed by atoms with Gasteiger partial charge in [-0.05, 0) is 51.1 Å². The third-order valence-corrected chi connectivity index (χ3v) is 6.37. The third-order valence-electron chi connectivity index (χ3n) is 6.37. The zero-order chi connectivity index (χ0) is 24.4. The lowest BCUT2D eigenvalue weighted by atomic mass is 10.1.